The Morgan fingerprint density at radius 1 is 1.16 bits per heavy atom. The van der Waals surface area contributed by atoms with Gasteiger partial charge in [-0.05, 0) is 67.9 Å². The summed E-state index contributed by atoms with van der Waals surface area (Å²) in [6.07, 6.45) is -2.31. The molecular formula is C32H44N2O9S. The van der Waals surface area contributed by atoms with Crippen LogP contribution in [0.15, 0.2) is 53.4 Å². The lowest BCUT2D eigenvalue weighted by atomic mass is 9.81. The molecule has 44 heavy (non-hydrogen) atoms. The fraction of sp³-hybridized carbons (Fsp3) is 0.562. The zero-order valence-corrected chi connectivity index (χ0v) is 26.8. The van der Waals surface area contributed by atoms with Crippen molar-refractivity contribution in [2.45, 2.75) is 89.5 Å². The van der Waals surface area contributed by atoms with Crippen LogP contribution in [0.25, 0.3) is 0 Å². The highest BCUT2D eigenvalue weighted by molar-refractivity contribution is 7.89. The Bertz CT molecular complexity index is 1400. The van der Waals surface area contributed by atoms with Gasteiger partial charge in [-0.2, -0.15) is 4.31 Å². The standard InChI is InChI=1S/C32H44N2O9S/c1-21(35)13-15-32(3,4)18-24-17-25(11-12-27(24)40-5)44(38,39)34(19-23-9-7-6-8-10-23)29(22(2)36)33-31(37)43-28-20-42-30-26(28)14-16-41-30/h6-12,17,22,26,28-30,36H,13-16,18-20H2,1-5H3,(H,33,37)/t22-,26+,28+,29+,30-/m1/s1. The second kappa shape index (κ2) is 14.4. The number of alkyl carbamates (subject to hydrolysis) is 1. The summed E-state index contributed by atoms with van der Waals surface area (Å²) in [7, 11) is -2.79. The van der Waals surface area contributed by atoms with Gasteiger partial charge in [0.2, 0.25) is 10.0 Å². The van der Waals surface area contributed by atoms with Crippen molar-refractivity contribution in [1.29, 1.82) is 0 Å². The monoisotopic (exact) mass is 632 g/mol. The highest BCUT2D eigenvalue weighted by Crippen LogP contribution is 2.35. The first-order valence-corrected chi connectivity index (χ1v) is 16.4. The predicted octanol–water partition coefficient (Wildman–Crippen LogP) is 4.02. The fourth-order valence-corrected chi connectivity index (χ4v) is 7.33. The van der Waals surface area contributed by atoms with Gasteiger partial charge in [0.1, 0.15) is 23.8 Å². The van der Waals surface area contributed by atoms with Crippen LogP contribution in [-0.2, 0) is 42.0 Å². The van der Waals surface area contributed by atoms with Gasteiger partial charge in [-0.15, -0.1) is 0 Å². The molecule has 0 aromatic heterocycles. The number of rotatable bonds is 14. The Kier molecular flexibility index (Phi) is 11.1. The number of nitrogens with one attached hydrogen (secondary N) is 1. The number of ketones is 1. The number of aliphatic hydroxyl groups is 1. The van der Waals surface area contributed by atoms with Gasteiger partial charge in [-0.3, -0.25) is 0 Å². The smallest absolute Gasteiger partial charge is 0.408 e. The Labute approximate surface area is 259 Å². The lowest BCUT2D eigenvalue weighted by Crippen LogP contribution is -2.56. The van der Waals surface area contributed by atoms with Gasteiger partial charge in [0, 0.05) is 13.0 Å². The first-order valence-electron chi connectivity index (χ1n) is 14.9. The number of hydrogen-bond acceptors (Lipinski definition) is 9. The van der Waals surface area contributed by atoms with E-state index in [0.717, 1.165) is 4.31 Å². The Balaban J connectivity index is 1.65. The Hall–Kier alpha value is -3.03. The van der Waals surface area contributed by atoms with Crippen molar-refractivity contribution in [3.8, 4) is 5.75 Å². The summed E-state index contributed by atoms with van der Waals surface area (Å²) in [5.74, 6) is 0.508. The lowest BCUT2D eigenvalue weighted by Gasteiger charge is -2.34. The molecule has 0 aliphatic carbocycles. The second-order valence-electron chi connectivity index (χ2n) is 12.4. The van der Waals surface area contributed by atoms with Gasteiger partial charge in [-0.1, -0.05) is 44.2 Å². The number of hydrogen-bond donors (Lipinski definition) is 2. The number of nitrogens with zero attached hydrogens (tertiary/aromatic N) is 1. The molecular weight excluding hydrogens is 588 g/mol. The molecule has 4 rings (SSSR count). The summed E-state index contributed by atoms with van der Waals surface area (Å²) in [5.41, 5.74) is 1.01. The molecule has 2 aromatic carbocycles. The minimum atomic E-state index is -4.31. The molecule has 0 saturated carbocycles. The number of fused-ring (bicyclic) bond motifs is 1. The third kappa shape index (κ3) is 8.36. The molecule has 0 unspecified atom stereocenters. The Morgan fingerprint density at radius 2 is 1.89 bits per heavy atom. The zero-order valence-electron chi connectivity index (χ0n) is 26.0. The number of methoxy groups -OCH3 is 1. The van der Waals surface area contributed by atoms with Crippen molar-refractivity contribution in [2.24, 2.45) is 11.3 Å². The van der Waals surface area contributed by atoms with E-state index in [-0.39, 0.29) is 35.2 Å². The number of carbonyl (C=O) groups excluding carboxylic acids is 2. The molecule has 2 N–H and O–H groups in total. The van der Waals surface area contributed by atoms with E-state index in [9.17, 15) is 23.1 Å². The van der Waals surface area contributed by atoms with Crippen LogP contribution in [0.1, 0.15) is 58.1 Å². The summed E-state index contributed by atoms with van der Waals surface area (Å²) in [6.45, 7) is 7.55. The molecule has 2 aliphatic rings. The van der Waals surface area contributed by atoms with Crippen molar-refractivity contribution < 1.29 is 42.1 Å². The maximum Gasteiger partial charge on any atom is 0.408 e. The number of Topliss-reactive ketones (excluding diaryl/α,β-unsaturated/α-hetero) is 1. The van der Waals surface area contributed by atoms with Crippen LogP contribution < -0.4 is 10.1 Å². The maximum atomic E-state index is 14.4. The van der Waals surface area contributed by atoms with Crippen molar-refractivity contribution in [3.05, 3.63) is 59.7 Å². The third-order valence-electron chi connectivity index (χ3n) is 8.14. The summed E-state index contributed by atoms with van der Waals surface area (Å²) in [5, 5.41) is 13.5. The molecule has 0 bridgehead atoms. The molecule has 2 fully saturated rings. The average molecular weight is 633 g/mol. The predicted molar refractivity (Wildman–Crippen MR) is 162 cm³/mol. The number of benzene rings is 2. The van der Waals surface area contributed by atoms with Gasteiger partial charge in [-0.25, -0.2) is 13.2 Å². The first-order chi connectivity index (χ1) is 20.8. The van der Waals surface area contributed by atoms with E-state index in [2.05, 4.69) is 5.32 Å². The van der Waals surface area contributed by atoms with Gasteiger partial charge < -0.3 is 34.2 Å². The molecule has 12 heteroatoms. The van der Waals surface area contributed by atoms with E-state index in [4.69, 9.17) is 18.9 Å². The van der Waals surface area contributed by atoms with Crippen LogP contribution in [0.4, 0.5) is 4.79 Å². The summed E-state index contributed by atoms with van der Waals surface area (Å²) < 4.78 is 52.1. The van der Waals surface area contributed by atoms with Crippen LogP contribution in [-0.4, -0.2) is 74.7 Å². The van der Waals surface area contributed by atoms with Crippen molar-refractivity contribution in [1.82, 2.24) is 9.62 Å². The molecule has 2 aliphatic heterocycles. The first kappa shape index (κ1) is 33.9. The zero-order chi connectivity index (χ0) is 32.1. The van der Waals surface area contributed by atoms with Gasteiger partial charge >= 0.3 is 6.09 Å². The van der Waals surface area contributed by atoms with Crippen LogP contribution in [0.3, 0.4) is 0 Å². The normalized spacial score (nSPS) is 21.5. The van der Waals surface area contributed by atoms with Gasteiger partial charge in [0.15, 0.2) is 6.29 Å². The molecule has 2 aromatic rings. The number of sulfonamides is 1. The van der Waals surface area contributed by atoms with Crippen molar-refractivity contribution in [2.75, 3.05) is 20.3 Å². The molecule has 1 amide bonds. The van der Waals surface area contributed by atoms with Crippen molar-refractivity contribution >= 4 is 21.9 Å². The molecule has 2 heterocycles. The maximum absolute atomic E-state index is 14.4. The number of ether oxygens (including phenoxy) is 4. The fourth-order valence-electron chi connectivity index (χ4n) is 5.68. The van der Waals surface area contributed by atoms with Crippen LogP contribution in [0.2, 0.25) is 0 Å². The average Bonchev–Trinajstić information content (AvgIpc) is 3.59. The van der Waals surface area contributed by atoms with Gasteiger partial charge in [0.25, 0.3) is 0 Å². The lowest BCUT2D eigenvalue weighted by molar-refractivity contribution is -0.117. The number of carbonyl (C=O) groups is 2. The quantitative estimate of drug-likeness (QED) is 0.296. The molecule has 0 radical (unpaired) electrons. The van der Waals surface area contributed by atoms with E-state index in [1.54, 1.807) is 43.3 Å². The van der Waals surface area contributed by atoms with E-state index in [1.807, 2.05) is 19.9 Å². The van der Waals surface area contributed by atoms with Crippen molar-refractivity contribution in [3.63, 3.8) is 0 Å². The third-order valence-corrected chi connectivity index (χ3v) is 9.96. The highest BCUT2D eigenvalue weighted by Gasteiger charge is 2.44. The molecule has 0 spiro atoms. The topological polar surface area (TPSA) is 141 Å². The second-order valence-corrected chi connectivity index (χ2v) is 14.2. The van der Waals surface area contributed by atoms with E-state index in [0.29, 0.717) is 49.2 Å². The van der Waals surface area contributed by atoms with Gasteiger partial charge in [0.05, 0.1) is 37.2 Å². The molecule has 11 nitrogen and oxygen atoms in total. The summed E-state index contributed by atoms with van der Waals surface area (Å²) in [6, 6.07) is 13.5. The highest BCUT2D eigenvalue weighted by atomic mass is 32.2. The largest absolute Gasteiger partial charge is 0.496 e. The van der Waals surface area contributed by atoms with Crippen LogP contribution in [0.5, 0.6) is 5.75 Å². The number of aliphatic hydroxyl groups excluding tert-OH is 1. The molecule has 5 atom stereocenters. The Morgan fingerprint density at radius 3 is 2.55 bits per heavy atom. The van der Waals surface area contributed by atoms with E-state index < -0.39 is 40.8 Å². The SMILES string of the molecule is COc1ccc(S(=O)(=O)N(Cc2ccccc2)[C@H](NC(=O)O[C@H]2CO[C@H]3OCC[C@H]32)[C@@H](C)O)cc1CC(C)(C)CCC(C)=O. The van der Waals surface area contributed by atoms with Crippen LogP contribution in [0, 0.1) is 11.3 Å². The van der Waals surface area contributed by atoms with E-state index in [1.165, 1.54) is 20.1 Å². The minimum absolute atomic E-state index is 0.0254. The van der Waals surface area contributed by atoms with Crippen LogP contribution >= 0.6 is 0 Å². The molecule has 2 saturated heterocycles. The molecule has 242 valence electrons. The minimum Gasteiger partial charge on any atom is -0.496 e. The summed E-state index contributed by atoms with van der Waals surface area (Å²) >= 11 is 0. The number of amides is 1. The summed E-state index contributed by atoms with van der Waals surface area (Å²) in [4.78, 5) is 24.7. The van der Waals surface area contributed by atoms with E-state index >= 15 is 0 Å².